The minimum absolute atomic E-state index is 0.196. The van der Waals surface area contributed by atoms with Gasteiger partial charge in [0.25, 0.3) is 0 Å². The van der Waals surface area contributed by atoms with Crippen LogP contribution in [0, 0.1) is 22.7 Å². The van der Waals surface area contributed by atoms with Gasteiger partial charge in [0, 0.05) is 0 Å². The number of hydrogen-bond acceptors (Lipinski definition) is 10. The highest BCUT2D eigenvalue weighted by Gasteiger charge is 2.60. The summed E-state index contributed by atoms with van der Waals surface area (Å²) in [7, 11) is 8.70. The molecule has 10 nitrogen and oxygen atoms in total. The maximum absolute atomic E-state index is 10.9. The Bertz CT molecular complexity index is 1130. The molecule has 2 aromatic carbocycles. The van der Waals surface area contributed by atoms with E-state index in [1.165, 1.54) is 42.7 Å². The number of nitrogens with zero attached hydrogens (tertiary/aromatic N) is 4. The maximum atomic E-state index is 10.9. The highest BCUT2D eigenvalue weighted by Crippen LogP contribution is 2.49. The smallest absolute Gasteiger partial charge is 0.161 e. The van der Waals surface area contributed by atoms with E-state index in [1.807, 2.05) is 0 Å². The largest absolute Gasteiger partial charge is 0.493 e. The second-order valence-electron chi connectivity index (χ2n) is 7.58. The van der Waals surface area contributed by atoms with Gasteiger partial charge in [0.1, 0.15) is 14.2 Å². The van der Waals surface area contributed by atoms with Gasteiger partial charge in [-0.05, 0) is 49.2 Å². The fourth-order valence-electron chi connectivity index (χ4n) is 4.40. The standard InChI is InChI=1S/C26H30N4O6/c1-17(29-35-7)25(15-27,19-9-11-21(31-3)23(13-19)33-5)26(16-28,18(2)30-36-8)20-10-12-22(32-4)24(14-20)34-6/h9-14H,1-8H3/b29-17+,30-18+/t25-,26-/m1/s1. The van der Waals surface area contributed by atoms with Gasteiger partial charge in [-0.15, -0.1) is 0 Å². The zero-order valence-electron chi connectivity index (χ0n) is 21.7. The van der Waals surface area contributed by atoms with Crippen molar-refractivity contribution in [2.24, 2.45) is 10.3 Å². The first-order valence-electron chi connectivity index (χ1n) is 10.8. The molecule has 10 heteroatoms. The summed E-state index contributed by atoms with van der Waals surface area (Å²) in [6.07, 6.45) is 0. The van der Waals surface area contributed by atoms with Crippen LogP contribution in [0.15, 0.2) is 46.7 Å². The molecule has 0 N–H and O–H groups in total. The second-order valence-corrected chi connectivity index (χ2v) is 7.58. The Labute approximate surface area is 211 Å². The zero-order valence-corrected chi connectivity index (χ0v) is 21.7. The third kappa shape index (κ3) is 4.34. The van der Waals surface area contributed by atoms with Crippen LogP contribution in [0.3, 0.4) is 0 Å². The molecule has 0 saturated heterocycles. The Morgan fingerprint density at radius 2 is 0.944 bits per heavy atom. The molecule has 0 spiro atoms. The molecule has 0 bridgehead atoms. The molecule has 0 radical (unpaired) electrons. The Hall–Kier alpha value is -4.44. The molecule has 0 aliphatic carbocycles. The lowest BCUT2D eigenvalue weighted by Crippen LogP contribution is -2.56. The predicted octanol–water partition coefficient (Wildman–Crippen LogP) is 3.99. The third-order valence-electron chi connectivity index (χ3n) is 6.07. The number of hydrogen-bond donors (Lipinski definition) is 0. The molecule has 190 valence electrons. The fourth-order valence-corrected chi connectivity index (χ4v) is 4.40. The molecule has 0 aliphatic rings. The van der Waals surface area contributed by atoms with E-state index >= 15 is 0 Å². The van der Waals surface area contributed by atoms with Crippen LogP contribution in [-0.4, -0.2) is 54.1 Å². The monoisotopic (exact) mass is 494 g/mol. The molecular formula is C26H30N4O6. The Morgan fingerprint density at radius 3 is 1.19 bits per heavy atom. The Kier molecular flexibility index (Phi) is 9.12. The summed E-state index contributed by atoms with van der Waals surface area (Å²) in [5.74, 6) is 1.62. The van der Waals surface area contributed by atoms with E-state index in [0.717, 1.165) is 0 Å². The number of rotatable bonds is 11. The van der Waals surface area contributed by atoms with Gasteiger partial charge in [-0.1, -0.05) is 22.4 Å². The van der Waals surface area contributed by atoms with E-state index in [4.69, 9.17) is 28.6 Å². The van der Waals surface area contributed by atoms with Crippen molar-refractivity contribution < 1.29 is 28.6 Å². The molecule has 0 fully saturated rings. The van der Waals surface area contributed by atoms with E-state index in [-0.39, 0.29) is 11.4 Å². The average molecular weight is 495 g/mol. The normalized spacial score (nSPS) is 14.8. The van der Waals surface area contributed by atoms with Crippen molar-refractivity contribution in [3.8, 4) is 35.1 Å². The van der Waals surface area contributed by atoms with E-state index in [0.29, 0.717) is 34.1 Å². The van der Waals surface area contributed by atoms with Crippen molar-refractivity contribution in [3.63, 3.8) is 0 Å². The summed E-state index contributed by atoms with van der Waals surface area (Å²) in [6, 6.07) is 14.6. The van der Waals surface area contributed by atoms with Crippen LogP contribution in [0.4, 0.5) is 0 Å². The summed E-state index contributed by atoms with van der Waals surface area (Å²) in [5.41, 5.74) is -2.37. The van der Waals surface area contributed by atoms with Crippen molar-refractivity contribution in [1.29, 1.82) is 10.5 Å². The Morgan fingerprint density at radius 1 is 0.611 bits per heavy atom. The van der Waals surface area contributed by atoms with Crippen LogP contribution in [0.2, 0.25) is 0 Å². The first-order chi connectivity index (χ1) is 17.3. The van der Waals surface area contributed by atoms with Crippen molar-refractivity contribution >= 4 is 11.4 Å². The van der Waals surface area contributed by atoms with E-state index in [9.17, 15) is 10.5 Å². The molecule has 2 atom stereocenters. The van der Waals surface area contributed by atoms with Gasteiger partial charge in [0.05, 0.1) is 52.0 Å². The van der Waals surface area contributed by atoms with Crippen LogP contribution in [0.5, 0.6) is 23.0 Å². The van der Waals surface area contributed by atoms with Gasteiger partial charge in [-0.25, -0.2) is 0 Å². The SMILES string of the molecule is CO/N=C(\C)[C@](C#N)(c1ccc(OC)c(OC)c1)[C@](C#N)(/C(C)=N/OC)c1ccc(OC)c(OC)c1. The third-order valence-corrected chi connectivity index (χ3v) is 6.07. The van der Waals surface area contributed by atoms with Gasteiger partial charge >= 0.3 is 0 Å². The van der Waals surface area contributed by atoms with Crippen LogP contribution >= 0.6 is 0 Å². The number of methoxy groups -OCH3 is 4. The number of ether oxygens (including phenoxy) is 4. The van der Waals surface area contributed by atoms with Crippen LogP contribution in [0.25, 0.3) is 0 Å². The van der Waals surface area contributed by atoms with E-state index < -0.39 is 10.8 Å². The molecule has 0 heterocycles. The Balaban J connectivity index is 3.20. The van der Waals surface area contributed by atoms with Crippen LogP contribution < -0.4 is 18.9 Å². The first kappa shape index (κ1) is 27.8. The minimum atomic E-state index is -1.77. The summed E-state index contributed by atoms with van der Waals surface area (Å²) in [4.78, 5) is 10.2. The topological polar surface area (TPSA) is 128 Å². The minimum Gasteiger partial charge on any atom is -0.493 e. The number of benzene rings is 2. The first-order valence-corrected chi connectivity index (χ1v) is 10.8. The van der Waals surface area contributed by atoms with Crippen LogP contribution in [-0.2, 0) is 20.5 Å². The molecule has 36 heavy (non-hydrogen) atoms. The van der Waals surface area contributed by atoms with Gasteiger partial charge in [0.15, 0.2) is 33.8 Å². The lowest BCUT2D eigenvalue weighted by molar-refractivity contribution is 0.206. The number of oxime groups is 2. The quantitative estimate of drug-likeness (QED) is 0.339. The summed E-state index contributed by atoms with van der Waals surface area (Å²) >= 11 is 0. The summed E-state index contributed by atoms with van der Waals surface area (Å²) < 4.78 is 21.8. The molecule has 0 aliphatic heterocycles. The van der Waals surface area contributed by atoms with Gasteiger partial charge in [-0.2, -0.15) is 10.5 Å². The van der Waals surface area contributed by atoms with Crippen molar-refractivity contribution in [1.82, 2.24) is 0 Å². The maximum Gasteiger partial charge on any atom is 0.161 e. The number of nitriles is 2. The van der Waals surface area contributed by atoms with Gasteiger partial charge < -0.3 is 28.6 Å². The molecule has 0 unspecified atom stereocenters. The van der Waals surface area contributed by atoms with Gasteiger partial charge in [0.2, 0.25) is 0 Å². The molecule has 0 amide bonds. The van der Waals surface area contributed by atoms with Gasteiger partial charge in [-0.3, -0.25) is 0 Å². The lowest BCUT2D eigenvalue weighted by atomic mass is 9.54. The highest BCUT2D eigenvalue weighted by atomic mass is 16.6. The fraction of sp³-hybridized carbons (Fsp3) is 0.385. The molecule has 0 aromatic heterocycles. The molecule has 2 aromatic rings. The van der Waals surface area contributed by atoms with Crippen molar-refractivity contribution in [2.45, 2.75) is 24.7 Å². The lowest BCUT2D eigenvalue weighted by Gasteiger charge is -2.42. The molecular weight excluding hydrogens is 464 g/mol. The molecule has 0 saturated carbocycles. The highest BCUT2D eigenvalue weighted by molar-refractivity contribution is 6.09. The molecule has 2 rings (SSSR count). The van der Waals surface area contributed by atoms with E-state index in [1.54, 1.807) is 50.2 Å². The van der Waals surface area contributed by atoms with Crippen molar-refractivity contribution in [3.05, 3.63) is 47.5 Å². The predicted molar refractivity (Wildman–Crippen MR) is 134 cm³/mol. The van der Waals surface area contributed by atoms with Crippen molar-refractivity contribution in [2.75, 3.05) is 42.7 Å². The van der Waals surface area contributed by atoms with Crippen LogP contribution in [0.1, 0.15) is 25.0 Å². The zero-order chi connectivity index (χ0) is 26.9. The average Bonchev–Trinajstić information content (AvgIpc) is 2.91. The summed E-state index contributed by atoms with van der Waals surface area (Å²) in [6.45, 7) is 3.21. The second kappa shape index (κ2) is 11.8. The summed E-state index contributed by atoms with van der Waals surface area (Å²) in [5, 5.41) is 30.1. The van der Waals surface area contributed by atoms with E-state index in [2.05, 4.69) is 22.4 Å².